The minimum atomic E-state index is -4.67. The van der Waals surface area contributed by atoms with Crippen LogP contribution in [0.3, 0.4) is 0 Å². The van der Waals surface area contributed by atoms with Gasteiger partial charge < -0.3 is 4.84 Å². The van der Waals surface area contributed by atoms with E-state index in [9.17, 15) is 22.8 Å². The molecule has 0 aliphatic carbocycles. The number of nitrogens with zero attached hydrogens (tertiary/aromatic N) is 4. The summed E-state index contributed by atoms with van der Waals surface area (Å²) in [5.74, 6) is -1.55. The van der Waals surface area contributed by atoms with Crippen LogP contribution in [0.5, 0.6) is 5.75 Å². The molecule has 1 aromatic carbocycles. The lowest BCUT2D eigenvalue weighted by atomic mass is 9.98. The van der Waals surface area contributed by atoms with E-state index in [-0.39, 0.29) is 27.5 Å². The standard InChI is InChI=1S/C22H27F3N4O3S/c1-7-8-11-29-20(33-19(27-29)21(4,5)6)26-18(31)16-12-15(22(23,24)25)9-10-17(16)32-28-13(2)14(3)30/h9-10,12H,7-8,11H2,1-6H3/b26-20?,28-13+. The van der Waals surface area contributed by atoms with Crippen LogP contribution in [0, 0.1) is 0 Å². The van der Waals surface area contributed by atoms with Gasteiger partial charge in [0.05, 0.1) is 11.1 Å². The average molecular weight is 485 g/mol. The summed E-state index contributed by atoms with van der Waals surface area (Å²) in [7, 11) is 0. The smallest absolute Gasteiger partial charge is 0.356 e. The molecular formula is C22H27F3N4O3S. The fourth-order valence-corrected chi connectivity index (χ4v) is 3.42. The lowest BCUT2D eigenvalue weighted by molar-refractivity contribution is -0.137. The molecule has 2 aromatic rings. The van der Waals surface area contributed by atoms with Crippen molar-refractivity contribution in [2.24, 2.45) is 10.1 Å². The van der Waals surface area contributed by atoms with Gasteiger partial charge in [0.1, 0.15) is 10.7 Å². The first kappa shape index (κ1) is 26.4. The first-order chi connectivity index (χ1) is 15.2. The number of unbranched alkanes of at least 4 members (excludes halogenated alkanes) is 1. The highest BCUT2D eigenvalue weighted by molar-refractivity contribution is 7.09. The van der Waals surface area contributed by atoms with Crippen molar-refractivity contribution in [1.29, 1.82) is 0 Å². The van der Waals surface area contributed by atoms with Crippen LogP contribution in [0.25, 0.3) is 0 Å². The summed E-state index contributed by atoms with van der Waals surface area (Å²) in [4.78, 5) is 33.9. The Kier molecular flexibility index (Phi) is 8.34. The van der Waals surface area contributed by atoms with Gasteiger partial charge in [-0.3, -0.25) is 9.59 Å². The molecule has 0 saturated carbocycles. The molecule has 2 rings (SSSR count). The molecule has 180 valence electrons. The number of rotatable bonds is 7. The van der Waals surface area contributed by atoms with E-state index in [4.69, 9.17) is 4.84 Å². The summed E-state index contributed by atoms with van der Waals surface area (Å²) in [6, 6.07) is 2.43. The quantitative estimate of drug-likeness (QED) is 0.402. The first-order valence-electron chi connectivity index (χ1n) is 10.3. The second-order valence-electron chi connectivity index (χ2n) is 8.47. The molecule has 0 bridgehead atoms. The number of oxime groups is 1. The molecule has 0 radical (unpaired) electrons. The number of halogens is 3. The monoisotopic (exact) mass is 484 g/mol. The van der Waals surface area contributed by atoms with Gasteiger partial charge in [0.15, 0.2) is 11.5 Å². The Morgan fingerprint density at radius 2 is 1.85 bits per heavy atom. The van der Waals surface area contributed by atoms with Gasteiger partial charge in [-0.25, -0.2) is 4.68 Å². The lowest BCUT2D eigenvalue weighted by Crippen LogP contribution is -2.19. The third-order valence-electron chi connectivity index (χ3n) is 4.51. The van der Waals surface area contributed by atoms with Gasteiger partial charge in [0, 0.05) is 18.9 Å². The maximum atomic E-state index is 13.3. The third-order valence-corrected chi connectivity index (χ3v) is 5.88. The third kappa shape index (κ3) is 7.08. The number of Topliss-reactive ketones (excluding diaryl/α,β-unsaturated/α-hetero) is 1. The number of aromatic nitrogens is 2. The minimum absolute atomic E-state index is 0.0000751. The van der Waals surface area contributed by atoms with E-state index in [0.29, 0.717) is 12.6 Å². The SMILES string of the molecule is CCCCn1nc(C(C)(C)C)sc1=NC(=O)c1cc(C(F)(F)F)ccc1O/N=C(\C)C(C)=O. The Hall–Kier alpha value is -2.82. The van der Waals surface area contributed by atoms with Gasteiger partial charge in [0.2, 0.25) is 4.80 Å². The van der Waals surface area contributed by atoms with Crippen LogP contribution < -0.4 is 9.64 Å². The van der Waals surface area contributed by atoms with Crippen molar-refractivity contribution >= 4 is 28.7 Å². The summed E-state index contributed by atoms with van der Waals surface area (Å²) in [5, 5.41) is 8.89. The van der Waals surface area contributed by atoms with Crippen LogP contribution in [-0.2, 0) is 22.9 Å². The summed E-state index contributed by atoms with van der Waals surface area (Å²) >= 11 is 1.21. The molecule has 0 fully saturated rings. The predicted octanol–water partition coefficient (Wildman–Crippen LogP) is 5.15. The molecular weight excluding hydrogens is 457 g/mol. The summed E-state index contributed by atoms with van der Waals surface area (Å²) in [6.45, 7) is 11.1. The second kappa shape index (κ2) is 10.4. The number of aryl methyl sites for hydroxylation is 1. The number of amides is 1. The van der Waals surface area contributed by atoms with Gasteiger partial charge in [-0.05, 0) is 31.5 Å². The van der Waals surface area contributed by atoms with E-state index >= 15 is 0 Å². The zero-order chi connectivity index (χ0) is 25.0. The van der Waals surface area contributed by atoms with E-state index in [1.54, 1.807) is 4.68 Å². The van der Waals surface area contributed by atoms with Crippen molar-refractivity contribution in [3.05, 3.63) is 39.1 Å². The van der Waals surface area contributed by atoms with Crippen molar-refractivity contribution in [1.82, 2.24) is 9.78 Å². The lowest BCUT2D eigenvalue weighted by Gasteiger charge is -2.12. The Labute approximate surface area is 194 Å². The highest BCUT2D eigenvalue weighted by atomic mass is 32.1. The van der Waals surface area contributed by atoms with Gasteiger partial charge in [-0.1, -0.05) is 50.6 Å². The molecule has 0 saturated heterocycles. The molecule has 7 nitrogen and oxygen atoms in total. The number of hydrogen-bond acceptors (Lipinski definition) is 6. The summed E-state index contributed by atoms with van der Waals surface area (Å²) in [6.07, 6.45) is -2.98. The van der Waals surface area contributed by atoms with Gasteiger partial charge in [0.25, 0.3) is 5.91 Å². The molecule has 0 aliphatic rings. The number of carbonyl (C=O) groups excluding carboxylic acids is 2. The summed E-state index contributed by atoms with van der Waals surface area (Å²) in [5.41, 5.74) is -1.74. The number of benzene rings is 1. The molecule has 0 atom stereocenters. The Balaban J connectivity index is 2.61. The molecule has 33 heavy (non-hydrogen) atoms. The largest absolute Gasteiger partial charge is 0.416 e. The van der Waals surface area contributed by atoms with Crippen LogP contribution in [0.15, 0.2) is 28.3 Å². The summed E-state index contributed by atoms with van der Waals surface area (Å²) < 4.78 is 41.4. The van der Waals surface area contributed by atoms with E-state index < -0.39 is 23.2 Å². The van der Waals surface area contributed by atoms with Crippen LogP contribution in [0.2, 0.25) is 0 Å². The molecule has 0 unspecified atom stereocenters. The molecule has 11 heteroatoms. The average Bonchev–Trinajstić information content (AvgIpc) is 3.12. The Morgan fingerprint density at radius 1 is 1.18 bits per heavy atom. The number of carbonyl (C=O) groups is 2. The minimum Gasteiger partial charge on any atom is -0.356 e. The van der Waals surface area contributed by atoms with Gasteiger partial charge in [-0.2, -0.15) is 23.3 Å². The van der Waals surface area contributed by atoms with Crippen molar-refractivity contribution in [2.75, 3.05) is 0 Å². The molecule has 0 N–H and O–H groups in total. The molecule has 1 amide bonds. The van der Waals surface area contributed by atoms with E-state index in [1.807, 2.05) is 27.7 Å². The normalized spacial score (nSPS) is 13.4. The molecule has 1 aromatic heterocycles. The zero-order valence-electron chi connectivity index (χ0n) is 19.4. The number of alkyl halides is 3. The molecule has 0 spiro atoms. The van der Waals surface area contributed by atoms with Crippen molar-refractivity contribution < 1.29 is 27.6 Å². The van der Waals surface area contributed by atoms with Crippen LogP contribution in [0.1, 0.15) is 75.3 Å². The fraction of sp³-hybridized carbons (Fsp3) is 0.500. The topological polar surface area (TPSA) is 85.9 Å². The number of ketones is 1. The van der Waals surface area contributed by atoms with E-state index in [0.717, 1.165) is 30.0 Å². The van der Waals surface area contributed by atoms with Gasteiger partial charge >= 0.3 is 6.18 Å². The Morgan fingerprint density at radius 3 is 2.39 bits per heavy atom. The highest BCUT2D eigenvalue weighted by Crippen LogP contribution is 2.33. The molecule has 0 aliphatic heterocycles. The van der Waals surface area contributed by atoms with Crippen LogP contribution in [-0.4, -0.2) is 27.2 Å². The zero-order valence-corrected chi connectivity index (χ0v) is 20.2. The van der Waals surface area contributed by atoms with Gasteiger partial charge in [-0.15, -0.1) is 0 Å². The van der Waals surface area contributed by atoms with Crippen LogP contribution in [0.4, 0.5) is 13.2 Å². The van der Waals surface area contributed by atoms with Crippen molar-refractivity contribution in [2.45, 2.75) is 72.5 Å². The maximum Gasteiger partial charge on any atom is 0.416 e. The Bertz CT molecular complexity index is 1130. The van der Waals surface area contributed by atoms with E-state index in [2.05, 4.69) is 15.2 Å². The maximum absolute atomic E-state index is 13.3. The van der Waals surface area contributed by atoms with Crippen LogP contribution >= 0.6 is 11.3 Å². The fourth-order valence-electron chi connectivity index (χ4n) is 2.43. The van der Waals surface area contributed by atoms with Crippen molar-refractivity contribution in [3.63, 3.8) is 0 Å². The highest BCUT2D eigenvalue weighted by Gasteiger charge is 2.32. The first-order valence-corrected chi connectivity index (χ1v) is 11.2. The molecule has 1 heterocycles. The second-order valence-corrected chi connectivity index (χ2v) is 9.42. The van der Waals surface area contributed by atoms with E-state index in [1.165, 1.54) is 25.2 Å². The van der Waals surface area contributed by atoms with Crippen molar-refractivity contribution in [3.8, 4) is 5.75 Å². The predicted molar refractivity (Wildman–Crippen MR) is 119 cm³/mol. The number of hydrogen-bond donors (Lipinski definition) is 0.